The van der Waals surface area contributed by atoms with Crippen molar-refractivity contribution >= 4 is 11.5 Å². The molecule has 0 amide bonds. The van der Waals surface area contributed by atoms with Gasteiger partial charge in [0.1, 0.15) is 17.3 Å². The van der Waals surface area contributed by atoms with Crippen LogP contribution in [0.4, 0.5) is 11.5 Å². The van der Waals surface area contributed by atoms with E-state index in [4.69, 9.17) is 10.2 Å². The zero-order chi connectivity index (χ0) is 13.1. The number of aromatic nitrogens is 1. The highest BCUT2D eigenvalue weighted by Gasteiger charge is 2.07. The number of nitrogen functional groups attached to an aromatic ring is 1. The Bertz CT molecular complexity index is 534. The number of hydrogen-bond donors (Lipinski definition) is 1. The molecule has 0 saturated carbocycles. The zero-order valence-electron chi connectivity index (χ0n) is 11.1. The fraction of sp³-hybridized carbons (Fsp3) is 0.357. The molecule has 0 bridgehead atoms. The van der Waals surface area contributed by atoms with Crippen molar-refractivity contribution in [1.82, 2.24) is 4.98 Å². The maximum atomic E-state index is 5.70. The van der Waals surface area contributed by atoms with Crippen LogP contribution in [0.2, 0.25) is 0 Å². The van der Waals surface area contributed by atoms with Gasteiger partial charge in [-0.3, -0.25) is 0 Å². The smallest absolute Gasteiger partial charge is 0.131 e. The first kappa shape index (κ1) is 12.5. The lowest BCUT2D eigenvalue weighted by atomic mass is 10.2. The maximum absolute atomic E-state index is 5.70. The molecule has 0 spiro atoms. The molecular weight excluding hydrogens is 226 g/mol. The topological polar surface area (TPSA) is 55.3 Å². The van der Waals surface area contributed by atoms with Crippen LogP contribution in [0.1, 0.15) is 17.1 Å². The minimum Gasteiger partial charge on any atom is -0.466 e. The van der Waals surface area contributed by atoms with Gasteiger partial charge in [0.15, 0.2) is 0 Å². The molecule has 0 aliphatic heterocycles. The molecule has 96 valence electrons. The Balaban J connectivity index is 2.01. The molecule has 4 heteroatoms. The zero-order valence-corrected chi connectivity index (χ0v) is 11.1. The van der Waals surface area contributed by atoms with E-state index in [1.165, 1.54) is 0 Å². The molecule has 0 atom stereocenters. The summed E-state index contributed by atoms with van der Waals surface area (Å²) in [6.07, 6.45) is 2.56. The predicted molar refractivity (Wildman–Crippen MR) is 73.8 cm³/mol. The van der Waals surface area contributed by atoms with Crippen LogP contribution in [0.25, 0.3) is 0 Å². The minimum atomic E-state index is 0.700. The second-order valence-electron chi connectivity index (χ2n) is 4.59. The number of nitrogens with two attached hydrogens (primary N) is 1. The normalized spacial score (nSPS) is 10.6. The largest absolute Gasteiger partial charge is 0.466 e. The number of furan rings is 1. The fourth-order valence-electron chi connectivity index (χ4n) is 1.99. The van der Waals surface area contributed by atoms with Crippen molar-refractivity contribution in [2.24, 2.45) is 0 Å². The predicted octanol–water partition coefficient (Wildman–Crippen LogP) is 2.55. The molecule has 2 heterocycles. The first-order valence-corrected chi connectivity index (χ1v) is 6.05. The standard InChI is InChI=1S/C14H19N3O/c1-10-8-12(15)9-16-14(10)17(3)7-6-13-5-4-11(2)18-13/h4-5,8-9H,6-7,15H2,1-3H3. The van der Waals surface area contributed by atoms with Crippen LogP contribution in [0.3, 0.4) is 0 Å². The van der Waals surface area contributed by atoms with Crippen LogP contribution >= 0.6 is 0 Å². The molecule has 18 heavy (non-hydrogen) atoms. The number of pyridine rings is 1. The molecule has 0 aromatic carbocycles. The summed E-state index contributed by atoms with van der Waals surface area (Å²) in [5.41, 5.74) is 7.49. The van der Waals surface area contributed by atoms with E-state index in [2.05, 4.69) is 9.88 Å². The summed E-state index contributed by atoms with van der Waals surface area (Å²) in [5.74, 6) is 2.93. The Morgan fingerprint density at radius 2 is 2.11 bits per heavy atom. The Morgan fingerprint density at radius 1 is 1.33 bits per heavy atom. The van der Waals surface area contributed by atoms with Gasteiger partial charge in [-0.25, -0.2) is 4.98 Å². The van der Waals surface area contributed by atoms with E-state index >= 15 is 0 Å². The van der Waals surface area contributed by atoms with Crippen LogP contribution in [0.5, 0.6) is 0 Å². The average Bonchev–Trinajstić information content (AvgIpc) is 2.72. The van der Waals surface area contributed by atoms with Gasteiger partial charge in [0.05, 0.1) is 11.9 Å². The van der Waals surface area contributed by atoms with Crippen molar-refractivity contribution in [2.45, 2.75) is 20.3 Å². The van der Waals surface area contributed by atoms with Gasteiger partial charge in [-0.2, -0.15) is 0 Å². The van der Waals surface area contributed by atoms with Crippen molar-refractivity contribution in [3.8, 4) is 0 Å². The first-order valence-electron chi connectivity index (χ1n) is 6.05. The minimum absolute atomic E-state index is 0.700. The van der Waals surface area contributed by atoms with Crippen molar-refractivity contribution in [3.05, 3.63) is 41.5 Å². The molecule has 0 unspecified atom stereocenters. The van der Waals surface area contributed by atoms with E-state index in [1.54, 1.807) is 6.20 Å². The van der Waals surface area contributed by atoms with Crippen LogP contribution in [-0.4, -0.2) is 18.6 Å². The maximum Gasteiger partial charge on any atom is 0.131 e. The Labute approximate surface area is 107 Å². The van der Waals surface area contributed by atoms with Gasteiger partial charge in [0.25, 0.3) is 0 Å². The van der Waals surface area contributed by atoms with Gasteiger partial charge < -0.3 is 15.1 Å². The molecule has 0 saturated heterocycles. The summed E-state index contributed by atoms with van der Waals surface area (Å²) in [5, 5.41) is 0. The summed E-state index contributed by atoms with van der Waals surface area (Å²) >= 11 is 0. The summed E-state index contributed by atoms with van der Waals surface area (Å²) in [4.78, 5) is 6.48. The van der Waals surface area contributed by atoms with E-state index in [1.807, 2.05) is 39.1 Å². The SMILES string of the molecule is Cc1ccc(CCN(C)c2ncc(N)cc2C)o1. The van der Waals surface area contributed by atoms with E-state index in [0.717, 1.165) is 35.9 Å². The second-order valence-corrected chi connectivity index (χ2v) is 4.59. The first-order chi connectivity index (χ1) is 8.56. The van der Waals surface area contributed by atoms with E-state index in [9.17, 15) is 0 Å². The van der Waals surface area contributed by atoms with Crippen molar-refractivity contribution in [2.75, 3.05) is 24.2 Å². The summed E-state index contributed by atoms with van der Waals surface area (Å²) < 4.78 is 5.55. The van der Waals surface area contributed by atoms with E-state index in [-0.39, 0.29) is 0 Å². The molecule has 0 aliphatic carbocycles. The van der Waals surface area contributed by atoms with Crippen LogP contribution in [0.15, 0.2) is 28.8 Å². The average molecular weight is 245 g/mol. The van der Waals surface area contributed by atoms with Gasteiger partial charge >= 0.3 is 0 Å². The third kappa shape index (κ3) is 2.83. The number of anilines is 2. The fourth-order valence-corrected chi connectivity index (χ4v) is 1.99. The number of hydrogen-bond acceptors (Lipinski definition) is 4. The highest BCUT2D eigenvalue weighted by Crippen LogP contribution is 2.18. The van der Waals surface area contributed by atoms with Gasteiger partial charge in [-0.1, -0.05) is 0 Å². The Kier molecular flexibility index (Phi) is 3.55. The molecule has 0 radical (unpaired) electrons. The van der Waals surface area contributed by atoms with Crippen LogP contribution in [-0.2, 0) is 6.42 Å². The van der Waals surface area contributed by atoms with Gasteiger partial charge in [-0.05, 0) is 37.6 Å². The third-order valence-electron chi connectivity index (χ3n) is 2.92. The molecule has 0 aliphatic rings. The lowest BCUT2D eigenvalue weighted by Gasteiger charge is -2.19. The van der Waals surface area contributed by atoms with Gasteiger partial charge in [-0.15, -0.1) is 0 Å². The second kappa shape index (κ2) is 5.12. The summed E-state index contributed by atoms with van der Waals surface area (Å²) in [6, 6.07) is 5.95. The Morgan fingerprint density at radius 3 is 2.72 bits per heavy atom. The lowest BCUT2D eigenvalue weighted by Crippen LogP contribution is -2.22. The number of aryl methyl sites for hydroxylation is 2. The highest BCUT2D eigenvalue weighted by molar-refractivity contribution is 5.52. The van der Waals surface area contributed by atoms with E-state index < -0.39 is 0 Å². The van der Waals surface area contributed by atoms with Gasteiger partial charge in [0, 0.05) is 20.0 Å². The molecule has 2 N–H and O–H groups in total. The molecule has 4 nitrogen and oxygen atoms in total. The highest BCUT2D eigenvalue weighted by atomic mass is 16.3. The monoisotopic (exact) mass is 245 g/mol. The van der Waals surface area contributed by atoms with Gasteiger partial charge in [0.2, 0.25) is 0 Å². The Hall–Kier alpha value is -1.97. The van der Waals surface area contributed by atoms with Crippen molar-refractivity contribution in [3.63, 3.8) is 0 Å². The lowest BCUT2D eigenvalue weighted by molar-refractivity contribution is 0.483. The molecule has 0 fully saturated rings. The quantitative estimate of drug-likeness (QED) is 0.899. The number of likely N-dealkylation sites (N-methyl/N-ethyl adjacent to an activating group) is 1. The van der Waals surface area contributed by atoms with Crippen molar-refractivity contribution in [1.29, 1.82) is 0 Å². The summed E-state index contributed by atoms with van der Waals surface area (Å²) in [6.45, 7) is 4.84. The number of rotatable bonds is 4. The molecule has 2 aromatic rings. The van der Waals surface area contributed by atoms with Crippen molar-refractivity contribution < 1.29 is 4.42 Å². The third-order valence-corrected chi connectivity index (χ3v) is 2.92. The summed E-state index contributed by atoms with van der Waals surface area (Å²) in [7, 11) is 2.03. The molecule has 2 rings (SSSR count). The number of nitrogens with zero attached hydrogens (tertiary/aromatic N) is 2. The van der Waals surface area contributed by atoms with Crippen LogP contribution in [0, 0.1) is 13.8 Å². The molecular formula is C14H19N3O. The molecule has 2 aromatic heterocycles. The van der Waals surface area contributed by atoms with Crippen LogP contribution < -0.4 is 10.6 Å². The van der Waals surface area contributed by atoms with E-state index in [0.29, 0.717) is 5.69 Å².